The van der Waals surface area contributed by atoms with Crippen LogP contribution in [0, 0.1) is 5.92 Å². The van der Waals surface area contributed by atoms with Crippen LogP contribution >= 0.6 is 11.3 Å². The maximum atomic E-state index is 12.6. The highest BCUT2D eigenvalue weighted by Gasteiger charge is 2.26. The molecule has 0 unspecified atom stereocenters. The van der Waals surface area contributed by atoms with E-state index in [4.69, 9.17) is 10.9 Å². The lowest BCUT2D eigenvalue weighted by Crippen LogP contribution is -2.41. The van der Waals surface area contributed by atoms with E-state index in [9.17, 15) is 4.79 Å². The number of thiophene rings is 1. The van der Waals surface area contributed by atoms with Gasteiger partial charge in [-0.15, -0.1) is 11.3 Å². The number of rotatable bonds is 2. The summed E-state index contributed by atoms with van der Waals surface area (Å²) in [7, 11) is 0. The van der Waals surface area contributed by atoms with Crippen LogP contribution in [-0.4, -0.2) is 34.9 Å². The number of nitrogens with zero attached hydrogens (tertiary/aromatic N) is 2. The van der Waals surface area contributed by atoms with Crippen LogP contribution in [0.2, 0.25) is 0 Å². The van der Waals surface area contributed by atoms with Crippen molar-refractivity contribution in [3.05, 3.63) is 35.2 Å². The van der Waals surface area contributed by atoms with Gasteiger partial charge in [0.05, 0.1) is 5.56 Å². The molecular formula is C15H17N3O2S. The number of hydrogen-bond acceptors (Lipinski definition) is 4. The fraction of sp³-hybridized carbons (Fsp3) is 0.333. The fourth-order valence-corrected chi connectivity index (χ4v) is 3.71. The number of carbonyl (C=O) groups is 1. The molecule has 1 aliphatic heterocycles. The van der Waals surface area contributed by atoms with Gasteiger partial charge in [-0.05, 0) is 18.9 Å². The molecule has 3 N–H and O–H groups in total. The highest BCUT2D eigenvalue weighted by molar-refractivity contribution is 7.17. The molecule has 21 heavy (non-hydrogen) atoms. The van der Waals surface area contributed by atoms with Crippen LogP contribution in [0.1, 0.15) is 23.2 Å². The highest BCUT2D eigenvalue weighted by atomic mass is 32.1. The van der Waals surface area contributed by atoms with Gasteiger partial charge < -0.3 is 15.8 Å². The Labute approximate surface area is 126 Å². The zero-order valence-electron chi connectivity index (χ0n) is 11.5. The molecule has 2 aromatic rings. The summed E-state index contributed by atoms with van der Waals surface area (Å²) < 4.78 is 1.13. The van der Waals surface area contributed by atoms with Crippen molar-refractivity contribution < 1.29 is 10.0 Å². The van der Waals surface area contributed by atoms with Crippen LogP contribution in [0.4, 0.5) is 0 Å². The first-order chi connectivity index (χ1) is 10.2. The van der Waals surface area contributed by atoms with Gasteiger partial charge in [-0.25, -0.2) is 0 Å². The number of amides is 1. The van der Waals surface area contributed by atoms with Crippen molar-refractivity contribution in [2.24, 2.45) is 16.8 Å². The summed E-state index contributed by atoms with van der Waals surface area (Å²) in [5.41, 5.74) is 6.41. The van der Waals surface area contributed by atoms with Crippen molar-refractivity contribution in [2.45, 2.75) is 12.8 Å². The first-order valence-electron chi connectivity index (χ1n) is 6.93. The minimum Gasteiger partial charge on any atom is -0.409 e. The van der Waals surface area contributed by atoms with Gasteiger partial charge in [0.1, 0.15) is 5.84 Å². The summed E-state index contributed by atoms with van der Waals surface area (Å²) in [5, 5.41) is 14.7. The molecule has 1 saturated heterocycles. The molecule has 0 spiro atoms. The van der Waals surface area contributed by atoms with Crippen molar-refractivity contribution in [2.75, 3.05) is 13.1 Å². The van der Waals surface area contributed by atoms with E-state index < -0.39 is 0 Å². The molecule has 1 fully saturated rings. The van der Waals surface area contributed by atoms with Crippen molar-refractivity contribution >= 4 is 33.2 Å². The molecule has 1 amide bonds. The average molecular weight is 303 g/mol. The molecule has 2 heterocycles. The summed E-state index contributed by atoms with van der Waals surface area (Å²) in [6.45, 7) is 1.29. The second-order valence-electron chi connectivity index (χ2n) is 5.24. The van der Waals surface area contributed by atoms with Gasteiger partial charge in [0.15, 0.2) is 0 Å². The van der Waals surface area contributed by atoms with Crippen LogP contribution in [0.3, 0.4) is 0 Å². The standard InChI is InChI=1S/C15H17N3O2S/c16-14(17-20)10-5-7-18(8-6-10)15(19)12-9-21-13-4-2-1-3-11(12)13/h1-4,9-10,20H,5-8H2,(H2,16,17). The zero-order chi connectivity index (χ0) is 14.8. The molecule has 5 nitrogen and oxygen atoms in total. The second-order valence-corrected chi connectivity index (χ2v) is 6.15. The molecule has 110 valence electrons. The summed E-state index contributed by atoms with van der Waals surface area (Å²) in [6, 6.07) is 7.95. The maximum absolute atomic E-state index is 12.6. The molecule has 1 aliphatic rings. The van der Waals surface area contributed by atoms with E-state index in [1.54, 1.807) is 11.3 Å². The molecule has 0 radical (unpaired) electrons. The lowest BCUT2D eigenvalue weighted by Gasteiger charge is -2.31. The topological polar surface area (TPSA) is 78.9 Å². The van der Waals surface area contributed by atoms with Gasteiger partial charge in [-0.3, -0.25) is 4.79 Å². The molecular weight excluding hydrogens is 286 g/mol. The van der Waals surface area contributed by atoms with Crippen LogP contribution in [0.5, 0.6) is 0 Å². The molecule has 0 bridgehead atoms. The Morgan fingerprint density at radius 2 is 2.05 bits per heavy atom. The minimum absolute atomic E-state index is 0.0678. The quantitative estimate of drug-likeness (QED) is 0.387. The maximum Gasteiger partial charge on any atom is 0.255 e. The third-order valence-electron chi connectivity index (χ3n) is 4.03. The Bertz CT molecular complexity index is 687. The van der Waals surface area contributed by atoms with Crippen LogP contribution < -0.4 is 5.73 Å². The van der Waals surface area contributed by atoms with Crippen LogP contribution in [0.25, 0.3) is 10.1 Å². The predicted molar refractivity (Wildman–Crippen MR) is 83.9 cm³/mol. The first kappa shape index (κ1) is 13.9. The van der Waals surface area contributed by atoms with Gasteiger partial charge in [-0.2, -0.15) is 0 Å². The zero-order valence-corrected chi connectivity index (χ0v) is 12.3. The summed E-state index contributed by atoms with van der Waals surface area (Å²) in [4.78, 5) is 14.5. The van der Waals surface area contributed by atoms with Gasteiger partial charge in [0.2, 0.25) is 0 Å². The Morgan fingerprint density at radius 3 is 2.76 bits per heavy atom. The van der Waals surface area contributed by atoms with E-state index in [2.05, 4.69) is 5.16 Å². The molecule has 1 aromatic heterocycles. The number of oxime groups is 1. The largest absolute Gasteiger partial charge is 0.409 e. The van der Waals surface area contributed by atoms with Crippen molar-refractivity contribution in [1.29, 1.82) is 0 Å². The minimum atomic E-state index is 0.0678. The Morgan fingerprint density at radius 1 is 1.33 bits per heavy atom. The molecule has 1 aromatic carbocycles. The van der Waals surface area contributed by atoms with Gasteiger partial charge in [0.25, 0.3) is 5.91 Å². The van der Waals surface area contributed by atoms with Crippen LogP contribution in [0.15, 0.2) is 34.8 Å². The number of nitrogens with two attached hydrogens (primary N) is 1. The van der Waals surface area contributed by atoms with E-state index in [-0.39, 0.29) is 17.7 Å². The molecule has 0 saturated carbocycles. The van der Waals surface area contributed by atoms with Gasteiger partial charge in [-0.1, -0.05) is 23.4 Å². The van der Waals surface area contributed by atoms with E-state index in [1.165, 1.54) is 0 Å². The monoisotopic (exact) mass is 303 g/mol. The number of fused-ring (bicyclic) bond motifs is 1. The molecule has 6 heteroatoms. The number of likely N-dealkylation sites (tertiary alicyclic amines) is 1. The second kappa shape index (κ2) is 5.73. The fourth-order valence-electron chi connectivity index (χ4n) is 2.77. The highest BCUT2D eigenvalue weighted by Crippen LogP contribution is 2.28. The Balaban J connectivity index is 1.75. The van der Waals surface area contributed by atoms with E-state index >= 15 is 0 Å². The predicted octanol–water partition coefficient (Wildman–Crippen LogP) is 2.50. The van der Waals surface area contributed by atoms with Crippen molar-refractivity contribution in [3.63, 3.8) is 0 Å². The first-order valence-corrected chi connectivity index (χ1v) is 7.81. The van der Waals surface area contributed by atoms with E-state index in [1.807, 2.05) is 34.5 Å². The number of hydrogen-bond donors (Lipinski definition) is 2. The summed E-state index contributed by atoms with van der Waals surface area (Å²) >= 11 is 1.60. The third kappa shape index (κ3) is 2.58. The van der Waals surface area contributed by atoms with E-state index in [0.717, 1.165) is 28.5 Å². The molecule has 3 rings (SSSR count). The molecule has 0 atom stereocenters. The lowest BCUT2D eigenvalue weighted by atomic mass is 9.95. The molecule has 0 aliphatic carbocycles. The summed E-state index contributed by atoms with van der Waals surface area (Å²) in [5.74, 6) is 0.409. The van der Waals surface area contributed by atoms with Crippen molar-refractivity contribution in [1.82, 2.24) is 4.90 Å². The Kier molecular flexibility index (Phi) is 3.79. The van der Waals surface area contributed by atoms with Crippen molar-refractivity contribution in [3.8, 4) is 0 Å². The summed E-state index contributed by atoms with van der Waals surface area (Å²) in [6.07, 6.45) is 1.48. The normalized spacial score (nSPS) is 17.3. The smallest absolute Gasteiger partial charge is 0.255 e. The lowest BCUT2D eigenvalue weighted by molar-refractivity contribution is 0.0711. The Hall–Kier alpha value is -2.08. The van der Waals surface area contributed by atoms with Crippen LogP contribution in [-0.2, 0) is 0 Å². The average Bonchev–Trinajstić information content (AvgIpc) is 2.97. The SMILES string of the molecule is NC(=NO)C1CCN(C(=O)c2csc3ccccc23)CC1. The van der Waals surface area contributed by atoms with Gasteiger partial charge in [0, 0.05) is 34.5 Å². The van der Waals surface area contributed by atoms with E-state index in [0.29, 0.717) is 13.1 Å². The number of amidine groups is 1. The number of carbonyl (C=O) groups excluding carboxylic acids is 1. The van der Waals surface area contributed by atoms with Gasteiger partial charge >= 0.3 is 0 Å². The number of benzene rings is 1. The number of piperidine rings is 1. The third-order valence-corrected chi connectivity index (χ3v) is 4.99.